The molecule has 0 radical (unpaired) electrons. The summed E-state index contributed by atoms with van der Waals surface area (Å²) in [6.07, 6.45) is 6.81. The molecule has 0 heterocycles. The van der Waals surface area contributed by atoms with Crippen molar-refractivity contribution in [3.63, 3.8) is 0 Å². The maximum Gasteiger partial charge on any atom is 0.264 e. The number of ether oxygens (including phenoxy) is 3. The molecule has 0 bridgehead atoms. The number of hydrogen-bond donors (Lipinski definition) is 2. The molecule has 0 aliphatic carbocycles. The second-order valence-electron chi connectivity index (χ2n) is 6.14. The lowest BCUT2D eigenvalue weighted by Crippen LogP contribution is -2.21. The van der Waals surface area contributed by atoms with E-state index in [-0.39, 0.29) is 11.7 Å². The number of benzene rings is 1. The number of amides is 1. The molecule has 2 N–H and O–H groups in total. The van der Waals surface area contributed by atoms with Crippen molar-refractivity contribution < 1.29 is 32.0 Å². The minimum Gasteiger partial charge on any atom is -0.493 e. The third-order valence-corrected chi connectivity index (χ3v) is 4.80. The Morgan fingerprint density at radius 3 is 2.11 bits per heavy atom. The summed E-state index contributed by atoms with van der Waals surface area (Å²) in [5, 5.41) is 2.80. The number of unbranched alkanes of at least 4 members (excludes halogenated alkanes) is 4. The Hall–Kier alpha value is -2.26. The Kier molecular flexibility index (Phi) is 10.4. The summed E-state index contributed by atoms with van der Waals surface area (Å²) in [6, 6.07) is 3.50. The highest BCUT2D eigenvalue weighted by molar-refractivity contribution is 7.85. The van der Waals surface area contributed by atoms with Gasteiger partial charge in [-0.2, -0.15) is 8.42 Å². The zero-order valence-corrected chi connectivity index (χ0v) is 17.4. The predicted octanol–water partition coefficient (Wildman–Crippen LogP) is 2.68. The Bertz CT molecular complexity index is 735. The van der Waals surface area contributed by atoms with Gasteiger partial charge in [0.2, 0.25) is 11.7 Å². The first-order valence-corrected chi connectivity index (χ1v) is 10.6. The van der Waals surface area contributed by atoms with Gasteiger partial charge >= 0.3 is 0 Å². The molecular weight excluding hydrogens is 386 g/mol. The van der Waals surface area contributed by atoms with Crippen LogP contribution >= 0.6 is 0 Å². The zero-order valence-electron chi connectivity index (χ0n) is 16.6. The van der Waals surface area contributed by atoms with Gasteiger partial charge in [-0.25, -0.2) is 0 Å². The predicted molar refractivity (Wildman–Crippen MR) is 108 cm³/mol. The highest BCUT2D eigenvalue weighted by Gasteiger charge is 2.12. The van der Waals surface area contributed by atoms with Crippen molar-refractivity contribution >= 4 is 22.1 Å². The summed E-state index contributed by atoms with van der Waals surface area (Å²) in [5.74, 6) is 1.10. The first-order valence-electron chi connectivity index (χ1n) is 9.01. The molecule has 0 unspecified atom stereocenters. The summed E-state index contributed by atoms with van der Waals surface area (Å²) in [6.45, 7) is 0.538. The molecule has 0 atom stereocenters. The van der Waals surface area contributed by atoms with Crippen molar-refractivity contribution in [2.45, 2.75) is 32.1 Å². The van der Waals surface area contributed by atoms with E-state index in [4.69, 9.17) is 18.8 Å². The quantitative estimate of drug-likeness (QED) is 0.289. The minimum absolute atomic E-state index is 0.199. The van der Waals surface area contributed by atoms with Crippen molar-refractivity contribution in [3.05, 3.63) is 23.8 Å². The molecular formula is C19H29NO7S. The Morgan fingerprint density at radius 1 is 1.00 bits per heavy atom. The lowest BCUT2D eigenvalue weighted by atomic mass is 10.1. The van der Waals surface area contributed by atoms with E-state index in [1.807, 2.05) is 0 Å². The van der Waals surface area contributed by atoms with Gasteiger partial charge in [-0.1, -0.05) is 19.3 Å². The highest BCUT2D eigenvalue weighted by atomic mass is 32.2. The summed E-state index contributed by atoms with van der Waals surface area (Å²) < 4.78 is 45.6. The summed E-state index contributed by atoms with van der Waals surface area (Å²) in [4.78, 5) is 11.9. The molecule has 0 fully saturated rings. The molecule has 0 spiro atoms. The van der Waals surface area contributed by atoms with Gasteiger partial charge in [0.1, 0.15) is 0 Å². The van der Waals surface area contributed by atoms with E-state index in [1.165, 1.54) is 27.4 Å². The van der Waals surface area contributed by atoms with E-state index in [0.29, 0.717) is 30.2 Å². The summed E-state index contributed by atoms with van der Waals surface area (Å²) in [5.41, 5.74) is 0.739. The molecule has 28 heavy (non-hydrogen) atoms. The molecule has 0 aromatic heterocycles. The van der Waals surface area contributed by atoms with E-state index >= 15 is 0 Å². The summed E-state index contributed by atoms with van der Waals surface area (Å²) >= 11 is 0. The second kappa shape index (κ2) is 12.2. The minimum atomic E-state index is -3.86. The van der Waals surface area contributed by atoms with E-state index in [9.17, 15) is 13.2 Å². The Labute approximate surface area is 166 Å². The van der Waals surface area contributed by atoms with Crippen LogP contribution in [0.1, 0.15) is 37.7 Å². The van der Waals surface area contributed by atoms with Crippen LogP contribution in [-0.2, 0) is 14.9 Å². The average molecular weight is 416 g/mol. The van der Waals surface area contributed by atoms with Crippen LogP contribution < -0.4 is 19.5 Å². The normalized spacial score (nSPS) is 11.4. The second-order valence-corrected chi connectivity index (χ2v) is 7.71. The molecule has 1 amide bonds. The van der Waals surface area contributed by atoms with E-state index in [2.05, 4.69) is 5.32 Å². The van der Waals surface area contributed by atoms with Crippen molar-refractivity contribution in [1.82, 2.24) is 5.32 Å². The van der Waals surface area contributed by atoms with Gasteiger partial charge in [-0.15, -0.1) is 0 Å². The molecule has 1 rings (SSSR count). The Balaban J connectivity index is 2.38. The monoisotopic (exact) mass is 415 g/mol. The fourth-order valence-corrected chi connectivity index (χ4v) is 3.15. The maximum atomic E-state index is 11.9. The number of methoxy groups -OCH3 is 3. The first kappa shape index (κ1) is 23.8. The molecule has 0 saturated heterocycles. The van der Waals surface area contributed by atoms with Crippen LogP contribution in [0, 0.1) is 0 Å². The third kappa shape index (κ3) is 9.09. The van der Waals surface area contributed by atoms with Crippen molar-refractivity contribution in [2.24, 2.45) is 0 Å². The number of carbonyl (C=O) groups excluding carboxylic acids is 1. The first-order chi connectivity index (χ1) is 13.3. The van der Waals surface area contributed by atoms with E-state index in [1.54, 1.807) is 18.2 Å². The lowest BCUT2D eigenvalue weighted by molar-refractivity contribution is -0.116. The van der Waals surface area contributed by atoms with Crippen LogP contribution in [0.3, 0.4) is 0 Å². The molecule has 0 aliphatic rings. The van der Waals surface area contributed by atoms with Gasteiger partial charge in [-0.3, -0.25) is 9.35 Å². The average Bonchev–Trinajstić information content (AvgIpc) is 2.66. The molecule has 158 valence electrons. The zero-order chi connectivity index (χ0) is 21.0. The molecule has 1 aromatic rings. The van der Waals surface area contributed by atoms with Gasteiger partial charge in [0.15, 0.2) is 11.5 Å². The Morgan fingerprint density at radius 2 is 1.57 bits per heavy atom. The smallest absolute Gasteiger partial charge is 0.264 e. The number of nitrogens with one attached hydrogen (secondary N) is 1. The third-order valence-electron chi connectivity index (χ3n) is 3.99. The number of rotatable bonds is 13. The SMILES string of the molecule is COc1cc(C=CC(=O)NCCCCCCCS(=O)(=O)O)cc(OC)c1OC. The van der Waals surface area contributed by atoms with Gasteiger partial charge < -0.3 is 19.5 Å². The maximum absolute atomic E-state index is 11.9. The van der Waals surface area contributed by atoms with E-state index < -0.39 is 10.1 Å². The van der Waals surface area contributed by atoms with Crippen LogP contribution in [0.15, 0.2) is 18.2 Å². The largest absolute Gasteiger partial charge is 0.493 e. The van der Waals surface area contributed by atoms with Gasteiger partial charge in [0.05, 0.1) is 27.1 Å². The lowest BCUT2D eigenvalue weighted by Gasteiger charge is -2.12. The van der Waals surface area contributed by atoms with E-state index in [0.717, 1.165) is 31.2 Å². The van der Waals surface area contributed by atoms with Crippen molar-refractivity contribution in [1.29, 1.82) is 0 Å². The highest BCUT2D eigenvalue weighted by Crippen LogP contribution is 2.38. The van der Waals surface area contributed by atoms with Crippen molar-refractivity contribution in [2.75, 3.05) is 33.6 Å². The van der Waals surface area contributed by atoms with Crippen LogP contribution in [-0.4, -0.2) is 52.5 Å². The van der Waals surface area contributed by atoms with Crippen LogP contribution in [0.5, 0.6) is 17.2 Å². The summed E-state index contributed by atoms with van der Waals surface area (Å²) in [7, 11) is 0.719. The standard InChI is InChI=1S/C19H29NO7S/c1-25-16-13-15(14-17(26-2)19(16)27-3)9-10-18(21)20-11-7-5-4-6-8-12-28(22,23)24/h9-10,13-14H,4-8,11-12H2,1-3H3,(H,20,21)(H,22,23,24). The van der Waals surface area contributed by atoms with Gasteiger partial charge in [-0.05, 0) is 36.6 Å². The number of hydrogen-bond acceptors (Lipinski definition) is 6. The molecule has 9 heteroatoms. The molecule has 0 aliphatic heterocycles. The molecule has 0 saturated carbocycles. The topological polar surface area (TPSA) is 111 Å². The molecule has 8 nitrogen and oxygen atoms in total. The van der Waals surface area contributed by atoms with Crippen LogP contribution in [0.25, 0.3) is 6.08 Å². The van der Waals surface area contributed by atoms with Crippen molar-refractivity contribution in [3.8, 4) is 17.2 Å². The van der Waals surface area contributed by atoms with Gasteiger partial charge in [0.25, 0.3) is 10.1 Å². The molecule has 1 aromatic carbocycles. The van der Waals surface area contributed by atoms with Crippen LogP contribution in [0.4, 0.5) is 0 Å². The fourth-order valence-electron chi connectivity index (χ4n) is 2.58. The van der Waals surface area contributed by atoms with Gasteiger partial charge in [0, 0.05) is 12.6 Å². The fraction of sp³-hybridized carbons (Fsp3) is 0.526. The van der Waals surface area contributed by atoms with Crippen LogP contribution in [0.2, 0.25) is 0 Å². The number of carbonyl (C=O) groups is 1.